The van der Waals surface area contributed by atoms with Crippen LogP contribution in [0.5, 0.6) is 0 Å². The van der Waals surface area contributed by atoms with E-state index < -0.39 is 0 Å². The number of thiophene rings is 1. The Morgan fingerprint density at radius 2 is 2.10 bits per heavy atom. The number of hydrogen-bond donors (Lipinski definition) is 1. The Morgan fingerprint density at radius 3 is 2.81 bits per heavy atom. The first kappa shape index (κ1) is 20.6. The third-order valence-electron chi connectivity index (χ3n) is 5.18. The van der Waals surface area contributed by atoms with Crippen LogP contribution < -0.4 is 5.32 Å². The smallest absolute Gasteiger partial charge is 0.410 e. The van der Waals surface area contributed by atoms with E-state index in [1.165, 1.54) is 17.5 Å². The number of benzene rings is 1. The van der Waals surface area contributed by atoms with Gasteiger partial charge in [0.1, 0.15) is 11.1 Å². The van der Waals surface area contributed by atoms with Crippen LogP contribution in [0.2, 0.25) is 0 Å². The van der Waals surface area contributed by atoms with Crippen molar-refractivity contribution < 1.29 is 14.3 Å². The van der Waals surface area contributed by atoms with Crippen LogP contribution in [0, 0.1) is 18.3 Å². The van der Waals surface area contributed by atoms with Gasteiger partial charge >= 0.3 is 6.09 Å². The Kier molecular flexibility index (Phi) is 5.73. The molecule has 0 radical (unpaired) electrons. The molecule has 1 aromatic carbocycles. The molecule has 4 rings (SSSR count). The van der Waals surface area contributed by atoms with E-state index >= 15 is 0 Å². The molecule has 0 saturated heterocycles. The summed E-state index contributed by atoms with van der Waals surface area (Å²) in [5, 5.41) is 17.4. The van der Waals surface area contributed by atoms with E-state index in [4.69, 9.17) is 4.74 Å². The number of nitriles is 1. The summed E-state index contributed by atoms with van der Waals surface area (Å²) in [5.41, 5.74) is 3.36. The lowest BCUT2D eigenvalue weighted by Gasteiger charge is -2.25. The second-order valence-corrected chi connectivity index (χ2v) is 8.14. The lowest BCUT2D eigenvalue weighted by atomic mass is 10.0. The Morgan fingerprint density at radius 1 is 1.32 bits per heavy atom. The van der Waals surface area contributed by atoms with Gasteiger partial charge in [0, 0.05) is 11.4 Å². The average Bonchev–Trinajstić information content (AvgIpc) is 3.33. The van der Waals surface area contributed by atoms with E-state index in [9.17, 15) is 14.9 Å². The molecule has 0 unspecified atom stereocenters. The molecule has 0 atom stereocenters. The van der Waals surface area contributed by atoms with Gasteiger partial charge in [-0.1, -0.05) is 18.2 Å². The zero-order valence-electron chi connectivity index (χ0n) is 17.2. The SMILES string of the molecule is CCOC(=O)N1CCc2c(sc(NC(=O)c3cnn(-c4ccccc4)c3C)c2C#N)C1. The normalized spacial score (nSPS) is 12.7. The quantitative estimate of drug-likeness (QED) is 0.670. The highest BCUT2D eigenvalue weighted by molar-refractivity contribution is 7.16. The monoisotopic (exact) mass is 435 g/mol. The number of ether oxygens (including phenoxy) is 1. The van der Waals surface area contributed by atoms with E-state index in [0.29, 0.717) is 47.9 Å². The standard InChI is InChI=1S/C22H21N5O3S/c1-3-30-22(29)26-10-9-16-17(11-23)21(31-19(16)13-26)25-20(28)18-12-24-27(14(18)2)15-7-5-4-6-8-15/h4-8,12H,3,9-10,13H2,1-2H3,(H,25,28). The second-order valence-electron chi connectivity index (χ2n) is 7.04. The number of nitrogens with zero attached hydrogens (tertiary/aromatic N) is 4. The van der Waals surface area contributed by atoms with Crippen molar-refractivity contribution in [3.8, 4) is 11.8 Å². The number of fused-ring (bicyclic) bond motifs is 1. The van der Waals surface area contributed by atoms with Crippen molar-refractivity contribution in [1.82, 2.24) is 14.7 Å². The molecule has 0 aliphatic carbocycles. The van der Waals surface area contributed by atoms with Gasteiger partial charge in [-0.15, -0.1) is 11.3 Å². The van der Waals surface area contributed by atoms with Crippen LogP contribution >= 0.6 is 11.3 Å². The topological polar surface area (TPSA) is 100 Å². The number of amides is 2. The molecule has 0 saturated carbocycles. The maximum atomic E-state index is 13.0. The molecule has 2 aromatic heterocycles. The number of hydrogen-bond acceptors (Lipinski definition) is 6. The van der Waals surface area contributed by atoms with Crippen LogP contribution in [0.4, 0.5) is 9.80 Å². The molecular weight excluding hydrogens is 414 g/mol. The van der Waals surface area contributed by atoms with Crippen molar-refractivity contribution >= 4 is 28.3 Å². The first-order valence-electron chi connectivity index (χ1n) is 9.91. The zero-order valence-corrected chi connectivity index (χ0v) is 18.0. The minimum Gasteiger partial charge on any atom is -0.450 e. The number of anilines is 1. The Balaban J connectivity index is 1.57. The summed E-state index contributed by atoms with van der Waals surface area (Å²) < 4.78 is 6.79. The van der Waals surface area contributed by atoms with Crippen LogP contribution in [0.15, 0.2) is 36.5 Å². The van der Waals surface area contributed by atoms with Gasteiger partial charge in [-0.05, 0) is 38.0 Å². The molecule has 0 bridgehead atoms. The van der Waals surface area contributed by atoms with Gasteiger partial charge in [-0.3, -0.25) is 4.79 Å². The fourth-order valence-electron chi connectivity index (χ4n) is 3.61. The molecular formula is C22H21N5O3S. The highest BCUT2D eigenvalue weighted by atomic mass is 32.1. The van der Waals surface area contributed by atoms with E-state index in [-0.39, 0.29) is 12.0 Å². The van der Waals surface area contributed by atoms with Gasteiger partial charge in [0.2, 0.25) is 0 Å². The average molecular weight is 436 g/mol. The van der Waals surface area contributed by atoms with Gasteiger partial charge in [0.25, 0.3) is 5.91 Å². The molecule has 1 N–H and O–H groups in total. The molecule has 2 amide bonds. The molecule has 1 aliphatic heterocycles. The maximum absolute atomic E-state index is 13.0. The molecule has 0 fully saturated rings. The molecule has 3 heterocycles. The molecule has 158 valence electrons. The molecule has 31 heavy (non-hydrogen) atoms. The fourth-order valence-corrected chi connectivity index (χ4v) is 4.82. The Labute approximate surface area is 183 Å². The minimum atomic E-state index is -0.366. The van der Waals surface area contributed by atoms with E-state index in [0.717, 1.165) is 16.1 Å². The van der Waals surface area contributed by atoms with Crippen molar-refractivity contribution in [2.24, 2.45) is 0 Å². The number of nitrogens with one attached hydrogen (secondary N) is 1. The van der Waals surface area contributed by atoms with E-state index in [1.54, 1.807) is 16.5 Å². The summed E-state index contributed by atoms with van der Waals surface area (Å²) in [4.78, 5) is 27.5. The molecule has 8 nitrogen and oxygen atoms in total. The summed E-state index contributed by atoms with van der Waals surface area (Å²) in [7, 11) is 0. The minimum absolute atomic E-state index is 0.313. The third-order valence-corrected chi connectivity index (χ3v) is 6.31. The highest BCUT2D eigenvalue weighted by Gasteiger charge is 2.28. The van der Waals surface area contributed by atoms with Crippen molar-refractivity contribution in [1.29, 1.82) is 5.26 Å². The largest absolute Gasteiger partial charge is 0.450 e. The van der Waals surface area contributed by atoms with Crippen molar-refractivity contribution in [3.63, 3.8) is 0 Å². The van der Waals surface area contributed by atoms with Crippen LogP contribution in [0.25, 0.3) is 5.69 Å². The summed E-state index contributed by atoms with van der Waals surface area (Å²) in [5.74, 6) is -0.322. The highest BCUT2D eigenvalue weighted by Crippen LogP contribution is 2.37. The molecule has 9 heteroatoms. The van der Waals surface area contributed by atoms with E-state index in [2.05, 4.69) is 16.5 Å². The fraction of sp³-hybridized carbons (Fsp3) is 0.273. The summed E-state index contributed by atoms with van der Waals surface area (Å²) in [6.07, 6.45) is 1.71. The van der Waals surface area contributed by atoms with Crippen LogP contribution in [-0.2, 0) is 17.7 Å². The van der Waals surface area contributed by atoms with Gasteiger partial charge in [0.05, 0.1) is 41.9 Å². The summed E-state index contributed by atoms with van der Waals surface area (Å²) >= 11 is 1.33. The predicted molar refractivity (Wildman–Crippen MR) is 116 cm³/mol. The van der Waals surface area contributed by atoms with Crippen LogP contribution in [-0.4, -0.2) is 39.8 Å². The summed E-state index contributed by atoms with van der Waals surface area (Å²) in [6, 6.07) is 11.8. The van der Waals surface area contributed by atoms with Crippen molar-refractivity contribution in [2.75, 3.05) is 18.5 Å². The number of para-hydroxylation sites is 1. The number of carbonyl (C=O) groups is 2. The Hall–Kier alpha value is -3.64. The first-order valence-corrected chi connectivity index (χ1v) is 10.7. The van der Waals surface area contributed by atoms with Gasteiger partial charge in [-0.2, -0.15) is 10.4 Å². The molecule has 0 spiro atoms. The van der Waals surface area contributed by atoms with Crippen molar-refractivity contribution in [2.45, 2.75) is 26.8 Å². The van der Waals surface area contributed by atoms with Gasteiger partial charge < -0.3 is 15.0 Å². The molecule has 1 aliphatic rings. The number of rotatable bonds is 4. The van der Waals surface area contributed by atoms with Gasteiger partial charge in [0.15, 0.2) is 0 Å². The van der Waals surface area contributed by atoms with E-state index in [1.807, 2.05) is 37.3 Å². The Bertz CT molecular complexity index is 1180. The van der Waals surface area contributed by atoms with Crippen LogP contribution in [0.3, 0.4) is 0 Å². The zero-order chi connectivity index (χ0) is 22.0. The third kappa shape index (κ3) is 3.90. The van der Waals surface area contributed by atoms with Crippen molar-refractivity contribution in [3.05, 3.63) is 63.8 Å². The maximum Gasteiger partial charge on any atom is 0.410 e. The predicted octanol–water partition coefficient (Wildman–Crippen LogP) is 3.88. The number of aromatic nitrogens is 2. The summed E-state index contributed by atoms with van der Waals surface area (Å²) in [6.45, 7) is 4.76. The molecule has 3 aromatic rings. The number of carbonyl (C=O) groups excluding carboxylic acids is 2. The second kappa shape index (κ2) is 8.62. The van der Waals surface area contributed by atoms with Crippen LogP contribution in [0.1, 0.15) is 39.0 Å². The lowest BCUT2D eigenvalue weighted by molar-refractivity contribution is 0.102. The van der Waals surface area contributed by atoms with Gasteiger partial charge in [-0.25, -0.2) is 9.48 Å². The lowest BCUT2D eigenvalue weighted by Crippen LogP contribution is -2.35. The first-order chi connectivity index (χ1) is 15.0.